The molecule has 3 aromatic carbocycles. The van der Waals surface area contributed by atoms with E-state index in [1.165, 1.54) is 6.07 Å². The van der Waals surface area contributed by atoms with Crippen molar-refractivity contribution >= 4 is 16.7 Å². The zero-order chi connectivity index (χ0) is 26.9. The molecule has 6 rings (SSSR count). The van der Waals surface area contributed by atoms with Gasteiger partial charge in [0.2, 0.25) is 0 Å². The first-order valence-corrected chi connectivity index (χ1v) is 12.8. The number of amides is 1. The van der Waals surface area contributed by atoms with Crippen molar-refractivity contribution in [3.05, 3.63) is 96.2 Å². The molecule has 1 fully saturated rings. The summed E-state index contributed by atoms with van der Waals surface area (Å²) in [6, 6.07) is 20.4. The van der Waals surface area contributed by atoms with E-state index in [0.717, 1.165) is 10.8 Å². The number of aromatic hydroxyl groups is 1. The smallest absolute Gasteiger partial charge is 0.252 e. The van der Waals surface area contributed by atoms with Crippen LogP contribution in [0, 0.1) is 5.82 Å². The topological polar surface area (TPSA) is 102 Å². The quantitative estimate of drug-likeness (QED) is 0.296. The third-order valence-electron chi connectivity index (χ3n) is 7.00. The van der Waals surface area contributed by atoms with Gasteiger partial charge in [-0.25, -0.2) is 9.37 Å². The molecule has 39 heavy (non-hydrogen) atoms. The van der Waals surface area contributed by atoms with Gasteiger partial charge in [0.25, 0.3) is 5.91 Å². The molecule has 0 spiro atoms. The molecule has 5 aromatic rings. The van der Waals surface area contributed by atoms with Crippen LogP contribution in [0.25, 0.3) is 28.0 Å². The molecule has 0 aliphatic heterocycles. The minimum atomic E-state index is -0.392. The number of halogens is 1. The lowest BCUT2D eigenvalue weighted by Gasteiger charge is -2.35. The van der Waals surface area contributed by atoms with Gasteiger partial charge in [0.15, 0.2) is 5.82 Å². The van der Waals surface area contributed by atoms with Gasteiger partial charge in [0.1, 0.15) is 28.8 Å². The zero-order valence-electron chi connectivity index (χ0n) is 21.2. The first kappa shape index (κ1) is 24.5. The number of carbonyl (C=O) groups is 1. The largest absolute Gasteiger partial charge is 0.508 e. The minimum Gasteiger partial charge on any atom is -0.508 e. The second-order valence-electron chi connectivity index (χ2n) is 9.53. The van der Waals surface area contributed by atoms with Crippen molar-refractivity contribution in [2.24, 2.45) is 0 Å². The van der Waals surface area contributed by atoms with Crippen molar-refractivity contribution < 1.29 is 19.0 Å². The van der Waals surface area contributed by atoms with Crippen LogP contribution < -0.4 is 10.1 Å². The van der Waals surface area contributed by atoms with E-state index in [-0.39, 0.29) is 23.6 Å². The van der Waals surface area contributed by atoms with E-state index in [1.54, 1.807) is 71.4 Å². The maximum atomic E-state index is 15.0. The first-order valence-electron chi connectivity index (χ1n) is 12.8. The molecule has 0 saturated heterocycles. The van der Waals surface area contributed by atoms with Crippen LogP contribution in [0.15, 0.2) is 79.0 Å². The summed E-state index contributed by atoms with van der Waals surface area (Å²) in [5, 5.41) is 23.3. The van der Waals surface area contributed by atoms with E-state index in [9.17, 15) is 14.3 Å². The number of hydrogen-bond donors (Lipinski definition) is 2. The summed E-state index contributed by atoms with van der Waals surface area (Å²) < 4.78 is 22.2. The normalized spacial score (nSPS) is 16.6. The Balaban J connectivity index is 1.25. The molecule has 1 aliphatic carbocycles. The summed E-state index contributed by atoms with van der Waals surface area (Å²) in [5.41, 5.74) is 1.44. The van der Waals surface area contributed by atoms with Gasteiger partial charge in [-0.05, 0) is 79.1 Å². The summed E-state index contributed by atoms with van der Waals surface area (Å²) >= 11 is 0. The van der Waals surface area contributed by atoms with Crippen LogP contribution in [0.4, 0.5) is 4.39 Å². The molecule has 9 heteroatoms. The maximum Gasteiger partial charge on any atom is 0.252 e. The van der Waals surface area contributed by atoms with Gasteiger partial charge < -0.3 is 15.2 Å². The number of carbonyl (C=O) groups excluding carboxylic acids is 1. The number of phenols is 1. The van der Waals surface area contributed by atoms with Crippen LogP contribution in [0.5, 0.6) is 11.5 Å². The van der Waals surface area contributed by atoms with Crippen LogP contribution in [0.2, 0.25) is 0 Å². The highest BCUT2D eigenvalue weighted by molar-refractivity contribution is 6.07. The lowest BCUT2D eigenvalue weighted by molar-refractivity contribution is 0.0909. The molecule has 1 aliphatic rings. The van der Waals surface area contributed by atoms with Gasteiger partial charge in [-0.3, -0.25) is 9.36 Å². The molecular weight excluding hydrogens is 497 g/mol. The van der Waals surface area contributed by atoms with E-state index in [4.69, 9.17) is 4.74 Å². The fraction of sp³-hybridized carbons (Fsp3) is 0.200. The molecule has 0 radical (unpaired) electrons. The molecule has 1 amide bonds. The Morgan fingerprint density at radius 3 is 2.69 bits per heavy atom. The van der Waals surface area contributed by atoms with Gasteiger partial charge in [-0.2, -0.15) is 0 Å². The Morgan fingerprint density at radius 2 is 1.92 bits per heavy atom. The number of aromatic nitrogens is 4. The van der Waals surface area contributed by atoms with Gasteiger partial charge in [-0.15, -0.1) is 10.2 Å². The number of rotatable bonds is 7. The number of fused-ring (bicyclic) bond motifs is 1. The number of benzene rings is 3. The molecule has 0 unspecified atom stereocenters. The van der Waals surface area contributed by atoms with E-state index in [0.29, 0.717) is 53.8 Å². The number of para-hydroxylation sites is 1. The van der Waals surface area contributed by atoms with Crippen LogP contribution in [-0.2, 0) is 0 Å². The monoisotopic (exact) mass is 523 g/mol. The number of nitrogens with zero attached hydrogens (tertiary/aromatic N) is 4. The second-order valence-corrected chi connectivity index (χ2v) is 9.53. The molecule has 8 nitrogen and oxygen atoms in total. The van der Waals surface area contributed by atoms with E-state index < -0.39 is 5.82 Å². The van der Waals surface area contributed by atoms with E-state index in [2.05, 4.69) is 20.5 Å². The maximum absolute atomic E-state index is 15.0. The second kappa shape index (κ2) is 10.2. The fourth-order valence-corrected chi connectivity index (χ4v) is 5.04. The van der Waals surface area contributed by atoms with Crippen molar-refractivity contribution in [2.45, 2.75) is 31.7 Å². The average Bonchev–Trinajstić information content (AvgIpc) is 3.35. The summed E-state index contributed by atoms with van der Waals surface area (Å²) in [5.74, 6) is 1.26. The summed E-state index contributed by atoms with van der Waals surface area (Å²) in [7, 11) is 0. The standard InChI is InChI=1S/C30H26FN5O3/c1-2-39-22-11-13-26(32-17-22)29-35-34-28(36(29)27-9-4-3-8-25(27)31)19-14-20(15-19)33-30(38)24-7-5-6-18-16-21(37)10-12-23(18)24/h3-13,16-17,19-20,37H,2,14-15H2,1H3,(H,33,38). The van der Waals surface area contributed by atoms with Crippen LogP contribution in [0.3, 0.4) is 0 Å². The third kappa shape index (κ3) is 4.67. The third-order valence-corrected chi connectivity index (χ3v) is 7.00. The predicted octanol–water partition coefficient (Wildman–Crippen LogP) is 5.40. The average molecular weight is 524 g/mol. The summed E-state index contributed by atoms with van der Waals surface area (Å²) in [4.78, 5) is 17.6. The van der Waals surface area contributed by atoms with Crippen LogP contribution >= 0.6 is 0 Å². The van der Waals surface area contributed by atoms with Crippen molar-refractivity contribution in [1.82, 2.24) is 25.1 Å². The molecule has 2 aromatic heterocycles. The van der Waals surface area contributed by atoms with Crippen molar-refractivity contribution in [1.29, 1.82) is 0 Å². The highest BCUT2D eigenvalue weighted by Gasteiger charge is 2.36. The minimum absolute atomic E-state index is 0.0247. The van der Waals surface area contributed by atoms with Crippen LogP contribution in [-0.4, -0.2) is 43.4 Å². The molecular formula is C30H26FN5O3. The number of nitrogens with one attached hydrogen (secondary N) is 1. The predicted molar refractivity (Wildman–Crippen MR) is 145 cm³/mol. The Bertz CT molecular complexity index is 1660. The highest BCUT2D eigenvalue weighted by Crippen LogP contribution is 2.39. The molecule has 1 saturated carbocycles. The van der Waals surface area contributed by atoms with Crippen molar-refractivity contribution in [3.63, 3.8) is 0 Å². The first-order chi connectivity index (χ1) is 19.0. The summed E-state index contributed by atoms with van der Waals surface area (Å²) in [6.45, 7) is 2.43. The van der Waals surface area contributed by atoms with E-state index >= 15 is 0 Å². The SMILES string of the molecule is CCOc1ccc(-c2nnc(C3CC(NC(=O)c4cccc5cc(O)ccc45)C3)n2-c2ccccc2F)nc1. The molecule has 2 N–H and O–H groups in total. The van der Waals surface area contributed by atoms with Gasteiger partial charge in [-0.1, -0.05) is 24.3 Å². The summed E-state index contributed by atoms with van der Waals surface area (Å²) in [6.07, 6.45) is 2.89. The lowest BCUT2D eigenvalue weighted by atomic mass is 9.79. The lowest BCUT2D eigenvalue weighted by Crippen LogP contribution is -2.44. The number of phenolic OH excluding ortho intramolecular Hbond substituents is 1. The highest BCUT2D eigenvalue weighted by atomic mass is 19.1. The molecule has 0 bridgehead atoms. The molecule has 2 heterocycles. The Hall–Kier alpha value is -4.79. The number of ether oxygens (including phenoxy) is 1. The number of pyridine rings is 1. The Kier molecular flexibility index (Phi) is 6.40. The zero-order valence-corrected chi connectivity index (χ0v) is 21.2. The van der Waals surface area contributed by atoms with Gasteiger partial charge >= 0.3 is 0 Å². The van der Waals surface area contributed by atoms with E-state index in [1.807, 2.05) is 13.0 Å². The van der Waals surface area contributed by atoms with Crippen molar-refractivity contribution in [3.8, 4) is 28.7 Å². The Labute approximate surface area is 224 Å². The number of hydrogen-bond acceptors (Lipinski definition) is 6. The van der Waals surface area contributed by atoms with Gasteiger partial charge in [0.05, 0.1) is 18.5 Å². The van der Waals surface area contributed by atoms with Gasteiger partial charge in [0, 0.05) is 17.5 Å². The Morgan fingerprint density at radius 1 is 1.08 bits per heavy atom. The van der Waals surface area contributed by atoms with Crippen molar-refractivity contribution in [2.75, 3.05) is 6.61 Å². The molecule has 0 atom stereocenters. The van der Waals surface area contributed by atoms with Crippen LogP contribution in [0.1, 0.15) is 41.9 Å². The fourth-order valence-electron chi connectivity index (χ4n) is 5.04. The molecule has 196 valence electrons.